The fourth-order valence-electron chi connectivity index (χ4n) is 3.90. The van der Waals surface area contributed by atoms with Crippen molar-refractivity contribution in [1.82, 2.24) is 25.1 Å². The van der Waals surface area contributed by atoms with Crippen molar-refractivity contribution in [2.24, 2.45) is 0 Å². The van der Waals surface area contributed by atoms with Crippen LogP contribution in [0.1, 0.15) is 16.8 Å². The van der Waals surface area contributed by atoms with Crippen molar-refractivity contribution in [2.75, 3.05) is 6.54 Å². The van der Waals surface area contributed by atoms with Gasteiger partial charge in [-0.1, -0.05) is 35.3 Å². The van der Waals surface area contributed by atoms with Gasteiger partial charge >= 0.3 is 0 Å². The summed E-state index contributed by atoms with van der Waals surface area (Å²) in [7, 11) is 0. The lowest BCUT2D eigenvalue weighted by molar-refractivity contribution is 0.242. The van der Waals surface area contributed by atoms with Gasteiger partial charge in [-0.15, -0.1) is 0 Å². The van der Waals surface area contributed by atoms with Crippen LogP contribution in [0, 0.1) is 0 Å². The zero-order valence-electron chi connectivity index (χ0n) is 16.5. The topological polar surface area (TPSA) is 77.7 Å². The zero-order chi connectivity index (χ0) is 21.4. The third-order valence-electron chi connectivity index (χ3n) is 5.51. The van der Waals surface area contributed by atoms with E-state index in [1.165, 1.54) is 0 Å². The number of nitrogens with zero attached hydrogens (tertiary/aromatic N) is 3. The molecule has 0 saturated carbocycles. The Kier molecular flexibility index (Phi) is 5.36. The molecule has 3 heterocycles. The Hall–Kier alpha value is -2.93. The SMILES string of the molecule is O=c1[nH]c(-c2ccc(Cl)cc2)nc2c1CN(Cc1cn[nH]c1-c1ccc(Cl)cc1)CC2. The van der Waals surface area contributed by atoms with E-state index in [-0.39, 0.29) is 5.56 Å². The number of hydrogen-bond acceptors (Lipinski definition) is 4. The van der Waals surface area contributed by atoms with Gasteiger partial charge < -0.3 is 4.98 Å². The second-order valence-electron chi connectivity index (χ2n) is 7.58. The van der Waals surface area contributed by atoms with Crippen LogP contribution in [0.25, 0.3) is 22.6 Å². The number of rotatable bonds is 4. The van der Waals surface area contributed by atoms with Gasteiger partial charge in [0.2, 0.25) is 0 Å². The first-order valence-corrected chi connectivity index (χ1v) is 10.7. The Balaban J connectivity index is 1.37. The fourth-order valence-corrected chi connectivity index (χ4v) is 4.15. The minimum absolute atomic E-state index is 0.0928. The van der Waals surface area contributed by atoms with Crippen LogP contribution in [0.5, 0.6) is 0 Å². The average Bonchev–Trinajstić information content (AvgIpc) is 3.23. The van der Waals surface area contributed by atoms with Crippen LogP contribution in [0.4, 0.5) is 0 Å². The van der Waals surface area contributed by atoms with Crippen LogP contribution < -0.4 is 5.56 Å². The van der Waals surface area contributed by atoms with Crippen molar-refractivity contribution >= 4 is 23.2 Å². The first-order chi connectivity index (χ1) is 15.1. The molecule has 0 spiro atoms. The number of nitrogens with one attached hydrogen (secondary N) is 2. The molecule has 5 rings (SSSR count). The molecule has 0 bridgehead atoms. The van der Waals surface area contributed by atoms with Crippen molar-refractivity contribution < 1.29 is 0 Å². The zero-order valence-corrected chi connectivity index (χ0v) is 18.0. The molecule has 0 fully saturated rings. The number of hydrogen-bond donors (Lipinski definition) is 2. The number of aromatic amines is 2. The number of halogens is 2. The molecular weight excluding hydrogens is 433 g/mol. The number of fused-ring (bicyclic) bond motifs is 1. The van der Waals surface area contributed by atoms with Crippen LogP contribution in [0.2, 0.25) is 10.0 Å². The van der Waals surface area contributed by atoms with E-state index >= 15 is 0 Å². The summed E-state index contributed by atoms with van der Waals surface area (Å²) in [6.07, 6.45) is 2.56. The molecule has 0 unspecified atom stereocenters. The second-order valence-corrected chi connectivity index (χ2v) is 8.46. The van der Waals surface area contributed by atoms with Crippen molar-refractivity contribution in [3.8, 4) is 22.6 Å². The van der Waals surface area contributed by atoms with E-state index in [1.807, 2.05) is 42.6 Å². The second kappa shape index (κ2) is 8.30. The Morgan fingerprint density at radius 1 is 0.968 bits per heavy atom. The summed E-state index contributed by atoms with van der Waals surface area (Å²) in [5.41, 5.74) is 5.40. The molecule has 0 radical (unpaired) electrons. The normalized spacial score (nSPS) is 13.9. The Morgan fingerprint density at radius 3 is 2.35 bits per heavy atom. The summed E-state index contributed by atoms with van der Waals surface area (Å²) >= 11 is 12.0. The molecule has 0 saturated heterocycles. The minimum Gasteiger partial charge on any atom is -0.306 e. The molecule has 0 amide bonds. The lowest BCUT2D eigenvalue weighted by Gasteiger charge is -2.27. The first kappa shape index (κ1) is 20.0. The van der Waals surface area contributed by atoms with Crippen LogP contribution in [-0.2, 0) is 19.5 Å². The molecule has 31 heavy (non-hydrogen) atoms. The monoisotopic (exact) mass is 451 g/mol. The maximum absolute atomic E-state index is 12.8. The highest BCUT2D eigenvalue weighted by Crippen LogP contribution is 2.26. The third-order valence-corrected chi connectivity index (χ3v) is 6.01. The van der Waals surface area contributed by atoms with Crippen LogP contribution in [0.3, 0.4) is 0 Å². The Morgan fingerprint density at radius 2 is 1.65 bits per heavy atom. The van der Waals surface area contributed by atoms with E-state index in [9.17, 15) is 4.79 Å². The lowest BCUT2D eigenvalue weighted by atomic mass is 10.0. The molecule has 4 aromatic rings. The summed E-state index contributed by atoms with van der Waals surface area (Å²) in [6, 6.07) is 15.0. The quantitative estimate of drug-likeness (QED) is 0.471. The molecule has 0 atom stereocenters. The Bertz CT molecular complexity index is 1280. The van der Waals surface area contributed by atoms with Gasteiger partial charge in [0, 0.05) is 47.2 Å². The highest BCUT2D eigenvalue weighted by atomic mass is 35.5. The first-order valence-electron chi connectivity index (χ1n) is 9.95. The molecular formula is C23H19Cl2N5O. The summed E-state index contributed by atoms with van der Waals surface area (Å²) in [6.45, 7) is 2.05. The molecule has 0 aliphatic carbocycles. The summed E-state index contributed by atoms with van der Waals surface area (Å²) in [4.78, 5) is 22.7. The summed E-state index contributed by atoms with van der Waals surface area (Å²) < 4.78 is 0. The molecule has 1 aliphatic rings. The third kappa shape index (κ3) is 4.14. The van der Waals surface area contributed by atoms with E-state index in [0.717, 1.165) is 40.2 Å². The molecule has 6 nitrogen and oxygen atoms in total. The summed E-state index contributed by atoms with van der Waals surface area (Å²) in [5, 5.41) is 8.65. The highest BCUT2D eigenvalue weighted by molar-refractivity contribution is 6.30. The van der Waals surface area contributed by atoms with E-state index < -0.39 is 0 Å². The van der Waals surface area contributed by atoms with Crippen molar-refractivity contribution in [3.63, 3.8) is 0 Å². The molecule has 2 N–H and O–H groups in total. The Labute approximate surface area is 188 Å². The largest absolute Gasteiger partial charge is 0.306 e. The predicted octanol–water partition coefficient (Wildman–Crippen LogP) is 4.69. The van der Waals surface area contributed by atoms with Gasteiger partial charge in [0.15, 0.2) is 0 Å². The van der Waals surface area contributed by atoms with Crippen LogP contribution in [0.15, 0.2) is 59.5 Å². The molecule has 2 aromatic heterocycles. The smallest absolute Gasteiger partial charge is 0.255 e. The maximum Gasteiger partial charge on any atom is 0.255 e. The van der Waals surface area contributed by atoms with E-state index in [2.05, 4.69) is 20.1 Å². The minimum atomic E-state index is -0.0928. The van der Waals surface area contributed by atoms with Gasteiger partial charge in [0.25, 0.3) is 5.56 Å². The maximum atomic E-state index is 12.8. The van der Waals surface area contributed by atoms with E-state index in [1.54, 1.807) is 12.1 Å². The van der Waals surface area contributed by atoms with E-state index in [0.29, 0.717) is 35.4 Å². The van der Waals surface area contributed by atoms with Gasteiger partial charge in [-0.25, -0.2) is 4.98 Å². The van der Waals surface area contributed by atoms with Gasteiger partial charge in [0.05, 0.1) is 23.1 Å². The number of H-pyrrole nitrogens is 2. The van der Waals surface area contributed by atoms with Crippen molar-refractivity contribution in [2.45, 2.75) is 19.5 Å². The van der Waals surface area contributed by atoms with Crippen LogP contribution >= 0.6 is 23.2 Å². The average molecular weight is 452 g/mol. The molecule has 2 aromatic carbocycles. The van der Waals surface area contributed by atoms with Gasteiger partial charge in [-0.05, 0) is 42.0 Å². The molecule has 8 heteroatoms. The standard InChI is InChI=1S/C23H19Cl2N5O/c24-17-5-1-14(2-6-17)21-16(11-26-29-21)12-30-10-9-20-19(13-30)23(31)28-22(27-20)15-3-7-18(25)8-4-15/h1-8,11H,9-10,12-13H2,(H,26,29)(H,27,28,31). The predicted molar refractivity (Wildman–Crippen MR) is 122 cm³/mol. The van der Waals surface area contributed by atoms with Gasteiger partial charge in [0.1, 0.15) is 5.82 Å². The number of aromatic nitrogens is 4. The van der Waals surface area contributed by atoms with Gasteiger partial charge in [-0.3, -0.25) is 14.8 Å². The fraction of sp³-hybridized carbons (Fsp3) is 0.174. The van der Waals surface area contributed by atoms with Gasteiger partial charge in [-0.2, -0.15) is 5.10 Å². The van der Waals surface area contributed by atoms with Crippen molar-refractivity contribution in [1.29, 1.82) is 0 Å². The summed E-state index contributed by atoms with van der Waals surface area (Å²) in [5.74, 6) is 0.578. The lowest BCUT2D eigenvalue weighted by Crippen LogP contribution is -2.35. The molecule has 1 aliphatic heterocycles. The van der Waals surface area contributed by atoms with Crippen LogP contribution in [-0.4, -0.2) is 31.6 Å². The number of benzene rings is 2. The van der Waals surface area contributed by atoms with Crippen molar-refractivity contribution in [3.05, 3.63) is 91.9 Å². The van der Waals surface area contributed by atoms with E-state index in [4.69, 9.17) is 28.2 Å². The molecule has 156 valence electrons. The highest BCUT2D eigenvalue weighted by Gasteiger charge is 2.23.